The molecule has 1 N–H and O–H groups in total. The molecule has 1 heterocycles. The molecule has 0 saturated heterocycles. The van der Waals surface area contributed by atoms with Crippen molar-refractivity contribution in [2.24, 2.45) is 0 Å². The van der Waals surface area contributed by atoms with Gasteiger partial charge in [0.15, 0.2) is 0 Å². The van der Waals surface area contributed by atoms with Gasteiger partial charge in [-0.25, -0.2) is 0 Å². The van der Waals surface area contributed by atoms with E-state index >= 15 is 0 Å². The molecule has 0 bridgehead atoms. The number of anilines is 1. The number of hydrogen-bond donors (Lipinski definition) is 1. The van der Waals surface area contributed by atoms with Crippen LogP contribution in [-0.4, -0.2) is 4.57 Å². The second kappa shape index (κ2) is 5.91. The maximum absolute atomic E-state index is 12.7. The zero-order valence-corrected chi connectivity index (χ0v) is 12.4. The Balaban J connectivity index is 2.11. The van der Waals surface area contributed by atoms with Crippen molar-refractivity contribution in [2.45, 2.75) is 26.2 Å². The summed E-state index contributed by atoms with van der Waals surface area (Å²) in [6.07, 6.45) is -0.430. The van der Waals surface area contributed by atoms with Gasteiger partial charge < -0.3 is 9.88 Å². The first-order valence-corrected chi connectivity index (χ1v) is 6.94. The fourth-order valence-corrected chi connectivity index (χ4v) is 2.34. The summed E-state index contributed by atoms with van der Waals surface area (Å²) in [7, 11) is 0. The highest BCUT2D eigenvalue weighted by Gasteiger charge is 2.31. The van der Waals surface area contributed by atoms with Gasteiger partial charge in [-0.15, -0.1) is 0 Å². The van der Waals surface area contributed by atoms with E-state index in [1.165, 1.54) is 0 Å². The Labute approximate surface area is 123 Å². The maximum atomic E-state index is 12.7. The molecule has 1 aromatic carbocycles. The van der Waals surface area contributed by atoms with E-state index in [9.17, 15) is 13.2 Å². The summed E-state index contributed by atoms with van der Waals surface area (Å²) >= 11 is 3.10. The van der Waals surface area contributed by atoms with Crippen LogP contribution in [0.2, 0.25) is 0 Å². The monoisotopic (exact) mass is 346 g/mol. The smallest absolute Gasteiger partial charge is 0.381 e. The van der Waals surface area contributed by atoms with Crippen LogP contribution in [0.15, 0.2) is 41.1 Å². The molecule has 0 unspecified atom stereocenters. The minimum atomic E-state index is -4.34. The number of nitrogens with zero attached hydrogens (tertiary/aromatic N) is 1. The standard InChI is InChI=1S/C14H14BrF3N2/c1-2-20-4-3-10(9-20)8-19-13-6-11(14(16,17)18)5-12(15)7-13/h3-7,9,19H,2,8H2,1H3. The van der Waals surface area contributed by atoms with E-state index in [1.54, 1.807) is 6.07 Å². The minimum Gasteiger partial charge on any atom is -0.381 e. The Hall–Kier alpha value is -1.43. The number of benzene rings is 1. The quantitative estimate of drug-likeness (QED) is 0.832. The number of nitrogens with one attached hydrogen (secondary N) is 1. The predicted octanol–water partition coefficient (Wildman–Crippen LogP) is 4.90. The van der Waals surface area contributed by atoms with Crippen molar-refractivity contribution in [1.82, 2.24) is 4.57 Å². The van der Waals surface area contributed by atoms with Crippen molar-refractivity contribution in [3.63, 3.8) is 0 Å². The average molecular weight is 347 g/mol. The first-order chi connectivity index (χ1) is 9.38. The van der Waals surface area contributed by atoms with Gasteiger partial charge in [-0.1, -0.05) is 15.9 Å². The maximum Gasteiger partial charge on any atom is 0.416 e. The number of hydrogen-bond acceptors (Lipinski definition) is 1. The fraction of sp³-hybridized carbons (Fsp3) is 0.286. The van der Waals surface area contributed by atoms with Crippen molar-refractivity contribution in [3.05, 3.63) is 52.3 Å². The Bertz CT molecular complexity index is 590. The van der Waals surface area contributed by atoms with Gasteiger partial charge in [0.2, 0.25) is 0 Å². The van der Waals surface area contributed by atoms with Crippen molar-refractivity contribution >= 4 is 21.6 Å². The summed E-state index contributed by atoms with van der Waals surface area (Å²) in [5.74, 6) is 0. The van der Waals surface area contributed by atoms with Crippen LogP contribution in [0.3, 0.4) is 0 Å². The lowest BCUT2D eigenvalue weighted by atomic mass is 10.2. The Morgan fingerprint density at radius 2 is 2.00 bits per heavy atom. The zero-order chi connectivity index (χ0) is 14.8. The SMILES string of the molecule is CCn1ccc(CNc2cc(Br)cc(C(F)(F)F)c2)c1. The summed E-state index contributed by atoms with van der Waals surface area (Å²) in [5, 5.41) is 3.01. The molecule has 0 aliphatic rings. The molecular formula is C14H14BrF3N2. The first-order valence-electron chi connectivity index (χ1n) is 6.15. The lowest BCUT2D eigenvalue weighted by Gasteiger charge is -2.11. The molecule has 0 saturated carbocycles. The zero-order valence-electron chi connectivity index (χ0n) is 10.8. The highest BCUT2D eigenvalue weighted by atomic mass is 79.9. The number of aromatic nitrogens is 1. The van der Waals surface area contributed by atoms with Crippen molar-refractivity contribution < 1.29 is 13.2 Å². The average Bonchev–Trinajstić information content (AvgIpc) is 2.82. The lowest BCUT2D eigenvalue weighted by molar-refractivity contribution is -0.137. The number of aryl methyl sites for hydroxylation is 1. The summed E-state index contributed by atoms with van der Waals surface area (Å²) in [5.41, 5.74) is 0.803. The molecule has 1 aromatic heterocycles. The molecule has 0 spiro atoms. The molecule has 0 aliphatic heterocycles. The van der Waals surface area contributed by atoms with Gasteiger partial charge in [0.25, 0.3) is 0 Å². The van der Waals surface area contributed by atoms with Gasteiger partial charge in [0, 0.05) is 35.6 Å². The summed E-state index contributed by atoms with van der Waals surface area (Å²) in [6.45, 7) is 3.39. The van der Waals surface area contributed by atoms with E-state index in [-0.39, 0.29) is 0 Å². The van der Waals surface area contributed by atoms with Crippen LogP contribution in [0.1, 0.15) is 18.1 Å². The molecule has 6 heteroatoms. The summed E-state index contributed by atoms with van der Waals surface area (Å²) in [4.78, 5) is 0. The normalized spacial score (nSPS) is 11.7. The molecule has 108 valence electrons. The third-order valence-corrected chi connectivity index (χ3v) is 3.36. The van der Waals surface area contributed by atoms with Gasteiger partial charge in [0.05, 0.1) is 5.56 Å². The molecule has 2 aromatic rings. The van der Waals surface area contributed by atoms with Crippen LogP contribution in [0.4, 0.5) is 18.9 Å². The van der Waals surface area contributed by atoms with Gasteiger partial charge in [-0.2, -0.15) is 13.2 Å². The van der Waals surface area contributed by atoms with Crippen LogP contribution >= 0.6 is 15.9 Å². The van der Waals surface area contributed by atoms with E-state index in [0.29, 0.717) is 16.7 Å². The molecule has 0 amide bonds. The second-order valence-electron chi connectivity index (χ2n) is 4.43. The van der Waals surface area contributed by atoms with Crippen LogP contribution in [-0.2, 0) is 19.3 Å². The largest absolute Gasteiger partial charge is 0.416 e. The molecule has 0 radical (unpaired) electrons. The Morgan fingerprint density at radius 1 is 1.25 bits per heavy atom. The van der Waals surface area contributed by atoms with Crippen molar-refractivity contribution in [1.29, 1.82) is 0 Å². The highest BCUT2D eigenvalue weighted by Crippen LogP contribution is 2.33. The lowest BCUT2D eigenvalue weighted by Crippen LogP contribution is -2.06. The highest BCUT2D eigenvalue weighted by molar-refractivity contribution is 9.10. The molecule has 2 rings (SSSR count). The van der Waals surface area contributed by atoms with Crippen LogP contribution in [0.5, 0.6) is 0 Å². The van der Waals surface area contributed by atoms with Crippen molar-refractivity contribution in [2.75, 3.05) is 5.32 Å². The van der Waals surface area contributed by atoms with Gasteiger partial charge >= 0.3 is 6.18 Å². The van der Waals surface area contributed by atoms with Crippen LogP contribution in [0, 0.1) is 0 Å². The molecule has 2 nitrogen and oxygen atoms in total. The summed E-state index contributed by atoms with van der Waals surface area (Å²) < 4.78 is 40.5. The van der Waals surface area contributed by atoms with Gasteiger partial charge in [-0.3, -0.25) is 0 Å². The van der Waals surface area contributed by atoms with Crippen LogP contribution < -0.4 is 5.32 Å². The number of halogens is 4. The molecule has 0 fully saturated rings. The second-order valence-corrected chi connectivity index (χ2v) is 5.35. The van der Waals surface area contributed by atoms with Crippen LogP contribution in [0.25, 0.3) is 0 Å². The molecule has 0 aliphatic carbocycles. The number of rotatable bonds is 4. The van der Waals surface area contributed by atoms with E-state index in [1.807, 2.05) is 30.0 Å². The molecule has 0 atom stereocenters. The van der Waals surface area contributed by atoms with E-state index in [0.717, 1.165) is 24.2 Å². The van der Waals surface area contributed by atoms with Crippen molar-refractivity contribution in [3.8, 4) is 0 Å². The Morgan fingerprint density at radius 3 is 2.60 bits per heavy atom. The molecule has 20 heavy (non-hydrogen) atoms. The number of alkyl halides is 3. The first kappa shape index (κ1) is 15.0. The van der Waals surface area contributed by atoms with E-state index < -0.39 is 11.7 Å². The van der Waals surface area contributed by atoms with E-state index in [2.05, 4.69) is 21.2 Å². The summed E-state index contributed by atoms with van der Waals surface area (Å²) in [6, 6.07) is 5.76. The Kier molecular flexibility index (Phi) is 4.42. The third-order valence-electron chi connectivity index (χ3n) is 2.90. The van der Waals surface area contributed by atoms with Gasteiger partial charge in [0.1, 0.15) is 0 Å². The van der Waals surface area contributed by atoms with Gasteiger partial charge in [-0.05, 0) is 36.8 Å². The topological polar surface area (TPSA) is 17.0 Å². The minimum absolute atomic E-state index is 0.404. The van der Waals surface area contributed by atoms with E-state index in [4.69, 9.17) is 0 Å². The molecular weight excluding hydrogens is 333 g/mol. The fourth-order valence-electron chi connectivity index (χ4n) is 1.85. The predicted molar refractivity (Wildman–Crippen MR) is 76.6 cm³/mol. The third kappa shape index (κ3) is 3.79.